The highest BCUT2D eigenvalue weighted by molar-refractivity contribution is 6.51. The van der Waals surface area contributed by atoms with E-state index < -0.39 is 23.6 Å². The van der Waals surface area contributed by atoms with Crippen molar-refractivity contribution in [3.8, 4) is 0 Å². The molecule has 0 fully saturated rings. The fraction of sp³-hybridized carbons (Fsp3) is 0.370. The molecule has 0 amide bonds. The lowest BCUT2D eigenvalue weighted by Gasteiger charge is -2.24. The molecule has 180 valence electrons. The number of para-hydroxylation sites is 1. The summed E-state index contributed by atoms with van der Waals surface area (Å²) in [5.41, 5.74) is 9.27. The molecule has 0 aliphatic heterocycles. The zero-order chi connectivity index (χ0) is 25.2. The van der Waals surface area contributed by atoms with Gasteiger partial charge in [-0.1, -0.05) is 36.8 Å². The summed E-state index contributed by atoms with van der Waals surface area (Å²) in [5, 5.41) is 12.1. The fourth-order valence-corrected chi connectivity index (χ4v) is 4.40. The van der Waals surface area contributed by atoms with Gasteiger partial charge in [0, 0.05) is 23.6 Å². The number of rotatable bonds is 8. The number of carbonyl (C=O) groups excluding carboxylic acids is 3. The highest BCUT2D eigenvalue weighted by Crippen LogP contribution is 2.36. The number of ether oxygens (including phenoxy) is 1. The van der Waals surface area contributed by atoms with E-state index in [1.807, 2.05) is 45.0 Å². The molecule has 0 bridgehead atoms. The van der Waals surface area contributed by atoms with Crippen LogP contribution in [0.1, 0.15) is 46.1 Å². The van der Waals surface area contributed by atoms with Crippen LogP contribution in [0.25, 0.3) is 16.6 Å². The van der Waals surface area contributed by atoms with Gasteiger partial charge in [-0.15, -0.1) is 0 Å². The number of aliphatic hydroxyl groups excluding tert-OH is 1. The van der Waals surface area contributed by atoms with Gasteiger partial charge in [0.25, 0.3) is 0 Å². The first kappa shape index (κ1) is 25.2. The van der Waals surface area contributed by atoms with Gasteiger partial charge >= 0.3 is 5.97 Å². The Morgan fingerprint density at radius 2 is 1.88 bits per heavy atom. The fourth-order valence-electron chi connectivity index (χ4n) is 4.40. The van der Waals surface area contributed by atoms with E-state index in [2.05, 4.69) is 6.08 Å². The van der Waals surface area contributed by atoms with E-state index in [9.17, 15) is 19.5 Å². The zero-order valence-corrected chi connectivity index (χ0v) is 20.3. The Hall–Kier alpha value is -3.45. The standard InChI is InChI=1S/C27H32N2O5/c1-15(2)9-8-10-16(3)22-25(31)23(17(4)24(30)26(22)32)29-14-18(13-20(28)27(33)34-5)19-11-6-7-12-21(19)29/h6-7,9,11-12,14,16,20,31H,8,10,13,28H2,1-5H3/t16-,20?/m1/s1. The summed E-state index contributed by atoms with van der Waals surface area (Å²) in [7, 11) is 1.29. The number of hydrogen-bond donors (Lipinski definition) is 2. The van der Waals surface area contributed by atoms with Gasteiger partial charge in [-0.2, -0.15) is 0 Å². The molecule has 0 saturated heterocycles. The van der Waals surface area contributed by atoms with Gasteiger partial charge < -0.3 is 20.1 Å². The Morgan fingerprint density at radius 3 is 2.53 bits per heavy atom. The number of esters is 1. The van der Waals surface area contributed by atoms with E-state index in [0.717, 1.165) is 22.9 Å². The number of fused-ring (bicyclic) bond motifs is 1. The molecule has 1 unspecified atom stereocenters. The molecule has 0 radical (unpaired) electrons. The number of hydrogen-bond acceptors (Lipinski definition) is 6. The molecule has 1 aromatic carbocycles. The molecule has 1 aliphatic carbocycles. The van der Waals surface area contributed by atoms with E-state index in [1.54, 1.807) is 17.7 Å². The van der Waals surface area contributed by atoms with Gasteiger partial charge in [0.2, 0.25) is 11.6 Å². The maximum Gasteiger partial charge on any atom is 0.322 e. The normalized spacial score (nSPS) is 16.2. The second-order valence-corrected chi connectivity index (χ2v) is 9.03. The van der Waals surface area contributed by atoms with E-state index in [4.69, 9.17) is 10.5 Å². The van der Waals surface area contributed by atoms with Gasteiger partial charge in [-0.25, -0.2) is 0 Å². The van der Waals surface area contributed by atoms with Crippen molar-refractivity contribution in [1.29, 1.82) is 0 Å². The molecule has 0 spiro atoms. The van der Waals surface area contributed by atoms with Gasteiger partial charge in [0.05, 0.1) is 23.9 Å². The molecule has 7 nitrogen and oxygen atoms in total. The lowest BCUT2D eigenvalue weighted by molar-refractivity contribution is -0.142. The first-order chi connectivity index (χ1) is 16.1. The van der Waals surface area contributed by atoms with E-state index in [-0.39, 0.29) is 34.9 Å². The van der Waals surface area contributed by atoms with Crippen LogP contribution in [0.3, 0.4) is 0 Å². The number of ketones is 2. The SMILES string of the molecule is COC(=O)C(N)Cc1cn(C2=C(C)C(=O)C(=O)C([C@H](C)CCC=C(C)C)=C2O)c2ccccc12. The average Bonchev–Trinajstić information content (AvgIpc) is 3.15. The van der Waals surface area contributed by atoms with Gasteiger partial charge in [-0.05, 0) is 51.2 Å². The molecule has 0 saturated carbocycles. The summed E-state index contributed by atoms with van der Waals surface area (Å²) >= 11 is 0. The third kappa shape index (κ3) is 4.75. The third-order valence-corrected chi connectivity index (χ3v) is 6.25. The number of aliphatic hydroxyl groups is 1. The predicted octanol–water partition coefficient (Wildman–Crippen LogP) is 4.26. The molecule has 3 N–H and O–H groups in total. The van der Waals surface area contributed by atoms with Crippen LogP contribution in [0.5, 0.6) is 0 Å². The summed E-state index contributed by atoms with van der Waals surface area (Å²) in [6.07, 6.45) is 5.41. The Bertz CT molecular complexity index is 1240. The monoisotopic (exact) mass is 464 g/mol. The molecular formula is C27H32N2O5. The van der Waals surface area contributed by atoms with Crippen molar-refractivity contribution < 1.29 is 24.2 Å². The average molecular weight is 465 g/mol. The highest BCUT2D eigenvalue weighted by Gasteiger charge is 2.36. The number of allylic oxidation sites excluding steroid dienone is 5. The molecule has 2 atom stereocenters. The van der Waals surface area contributed by atoms with E-state index in [1.165, 1.54) is 12.7 Å². The molecular weight excluding hydrogens is 432 g/mol. The van der Waals surface area contributed by atoms with Crippen LogP contribution in [-0.2, 0) is 25.5 Å². The van der Waals surface area contributed by atoms with Crippen LogP contribution in [0, 0.1) is 5.92 Å². The second-order valence-electron chi connectivity index (χ2n) is 9.03. The quantitative estimate of drug-likeness (QED) is 0.261. The van der Waals surface area contributed by atoms with Gasteiger partial charge in [0.15, 0.2) is 0 Å². The van der Waals surface area contributed by atoms with Crippen molar-refractivity contribution in [3.05, 3.63) is 64.6 Å². The van der Waals surface area contributed by atoms with Gasteiger partial charge in [0.1, 0.15) is 11.8 Å². The molecule has 1 aliphatic rings. The Kier molecular flexibility index (Phi) is 7.57. The minimum absolute atomic E-state index is 0.137. The lowest BCUT2D eigenvalue weighted by atomic mass is 9.83. The maximum absolute atomic E-state index is 12.9. The lowest BCUT2D eigenvalue weighted by Crippen LogP contribution is -2.33. The number of benzene rings is 1. The Morgan fingerprint density at radius 1 is 1.21 bits per heavy atom. The Labute approximate surface area is 199 Å². The number of carbonyl (C=O) groups is 3. The topological polar surface area (TPSA) is 112 Å². The summed E-state index contributed by atoms with van der Waals surface area (Å²) in [5.74, 6) is -2.29. The molecule has 1 aromatic heterocycles. The largest absolute Gasteiger partial charge is 0.505 e. The number of methoxy groups -OCH3 is 1. The number of Topliss-reactive ketones (excluding diaryl/α,β-unsaturated/α-hetero) is 2. The van der Waals surface area contributed by atoms with Crippen LogP contribution < -0.4 is 5.73 Å². The molecule has 3 rings (SSSR count). The number of nitrogens with two attached hydrogens (primary N) is 1. The molecule has 34 heavy (non-hydrogen) atoms. The van der Waals surface area contributed by atoms with Crippen molar-refractivity contribution >= 4 is 34.1 Å². The number of nitrogens with zero attached hydrogens (tertiary/aromatic N) is 1. The van der Waals surface area contributed by atoms with Crippen molar-refractivity contribution in [2.75, 3.05) is 7.11 Å². The van der Waals surface area contributed by atoms with Crippen LogP contribution >= 0.6 is 0 Å². The van der Waals surface area contributed by atoms with Crippen LogP contribution in [0.15, 0.2) is 59.0 Å². The van der Waals surface area contributed by atoms with Crippen LogP contribution in [-0.4, -0.2) is 40.4 Å². The third-order valence-electron chi connectivity index (χ3n) is 6.25. The smallest absolute Gasteiger partial charge is 0.322 e. The Balaban J connectivity index is 2.13. The summed E-state index contributed by atoms with van der Waals surface area (Å²) in [4.78, 5) is 37.7. The summed E-state index contributed by atoms with van der Waals surface area (Å²) in [6, 6.07) is 6.60. The van der Waals surface area contributed by atoms with Crippen molar-refractivity contribution in [2.24, 2.45) is 11.7 Å². The van der Waals surface area contributed by atoms with Crippen molar-refractivity contribution in [3.63, 3.8) is 0 Å². The van der Waals surface area contributed by atoms with Crippen molar-refractivity contribution in [1.82, 2.24) is 4.57 Å². The first-order valence-corrected chi connectivity index (χ1v) is 11.4. The maximum atomic E-state index is 12.9. The summed E-state index contributed by atoms with van der Waals surface area (Å²) < 4.78 is 6.47. The molecule has 1 heterocycles. The first-order valence-electron chi connectivity index (χ1n) is 11.4. The zero-order valence-electron chi connectivity index (χ0n) is 20.3. The van der Waals surface area contributed by atoms with E-state index >= 15 is 0 Å². The van der Waals surface area contributed by atoms with E-state index in [0.29, 0.717) is 6.42 Å². The van der Waals surface area contributed by atoms with Crippen LogP contribution in [0.4, 0.5) is 0 Å². The minimum atomic E-state index is -0.858. The molecule has 7 heteroatoms. The predicted molar refractivity (Wildman–Crippen MR) is 132 cm³/mol. The second kappa shape index (κ2) is 10.2. The minimum Gasteiger partial charge on any atom is -0.505 e. The molecule has 2 aromatic rings. The van der Waals surface area contributed by atoms with Crippen molar-refractivity contribution in [2.45, 2.75) is 53.0 Å². The summed E-state index contributed by atoms with van der Waals surface area (Å²) in [6.45, 7) is 7.40. The van der Waals surface area contributed by atoms with Crippen LogP contribution in [0.2, 0.25) is 0 Å². The number of aromatic nitrogens is 1. The highest BCUT2D eigenvalue weighted by atomic mass is 16.5. The van der Waals surface area contributed by atoms with Gasteiger partial charge in [-0.3, -0.25) is 14.4 Å².